The van der Waals surface area contributed by atoms with Crippen molar-refractivity contribution >= 4 is 23.4 Å². The second-order valence-corrected chi connectivity index (χ2v) is 4.79. The molecule has 0 bridgehead atoms. The number of Topliss-reactive ketones (excluding diaryl/α,β-unsaturated/α-hetero) is 1. The van der Waals surface area contributed by atoms with Gasteiger partial charge in [-0.25, -0.2) is 0 Å². The normalized spacial score (nSPS) is 23.6. The fraction of sp³-hybridized carbons (Fsp3) is 0.385. The molecule has 0 heterocycles. The van der Waals surface area contributed by atoms with Crippen LogP contribution in [0, 0.1) is 11.8 Å². The maximum absolute atomic E-state index is 12.2. The molecule has 2 unspecified atom stereocenters. The van der Waals surface area contributed by atoms with Crippen molar-refractivity contribution in [2.45, 2.75) is 19.3 Å². The summed E-state index contributed by atoms with van der Waals surface area (Å²) < 4.78 is 0. The highest BCUT2D eigenvalue weighted by atomic mass is 35.5. The Morgan fingerprint density at radius 2 is 1.94 bits per heavy atom. The van der Waals surface area contributed by atoms with Gasteiger partial charge in [0.1, 0.15) is 0 Å². The number of ketones is 1. The number of carbonyl (C=O) groups is 2. The van der Waals surface area contributed by atoms with Crippen LogP contribution >= 0.6 is 11.6 Å². The van der Waals surface area contributed by atoms with Crippen molar-refractivity contribution in [2.24, 2.45) is 11.8 Å². The van der Waals surface area contributed by atoms with E-state index in [-0.39, 0.29) is 5.78 Å². The lowest BCUT2D eigenvalue weighted by Crippen LogP contribution is -2.25. The first kappa shape index (κ1) is 12.1. The van der Waals surface area contributed by atoms with Gasteiger partial charge in [0.2, 0.25) is 0 Å². The van der Waals surface area contributed by atoms with E-state index in [0.29, 0.717) is 23.4 Å². The lowest BCUT2D eigenvalue weighted by Gasteiger charge is -2.14. The lowest BCUT2D eigenvalue weighted by molar-refractivity contribution is -0.142. The molecule has 0 amide bonds. The smallest absolute Gasteiger partial charge is 0.307 e. The number of benzene rings is 1. The minimum absolute atomic E-state index is 0.0996. The molecule has 0 spiro atoms. The molecule has 1 aliphatic rings. The molecule has 1 aromatic carbocycles. The van der Waals surface area contributed by atoms with Gasteiger partial charge >= 0.3 is 5.97 Å². The predicted octanol–water partition coefficient (Wildman–Crippen LogP) is 3.02. The number of hydrogen-bond acceptors (Lipinski definition) is 2. The molecule has 1 fully saturated rings. The third-order valence-corrected chi connectivity index (χ3v) is 3.51. The molecule has 1 aliphatic carbocycles. The minimum Gasteiger partial charge on any atom is -0.481 e. The number of carboxylic acids is 1. The Kier molecular flexibility index (Phi) is 3.48. The van der Waals surface area contributed by atoms with Crippen LogP contribution in [0.1, 0.15) is 29.6 Å². The Hall–Kier alpha value is -1.35. The SMILES string of the molecule is O=C(O)C1CCCC1C(=O)c1cccc(Cl)c1. The monoisotopic (exact) mass is 252 g/mol. The molecule has 3 nitrogen and oxygen atoms in total. The van der Waals surface area contributed by atoms with E-state index in [1.165, 1.54) is 0 Å². The number of carboxylic acid groups (broad SMARTS) is 1. The molecule has 4 heteroatoms. The Labute approximate surface area is 104 Å². The first-order valence-corrected chi connectivity index (χ1v) is 6.00. The van der Waals surface area contributed by atoms with Crippen molar-refractivity contribution < 1.29 is 14.7 Å². The first-order valence-electron chi connectivity index (χ1n) is 5.62. The molecule has 0 saturated heterocycles. The third kappa shape index (κ3) is 2.50. The molecular formula is C13H13ClO3. The Bertz CT molecular complexity index is 456. The van der Waals surface area contributed by atoms with Crippen LogP contribution < -0.4 is 0 Å². The topological polar surface area (TPSA) is 54.4 Å². The molecule has 1 N–H and O–H groups in total. The van der Waals surface area contributed by atoms with Crippen molar-refractivity contribution in [3.8, 4) is 0 Å². The van der Waals surface area contributed by atoms with Gasteiger partial charge < -0.3 is 5.11 Å². The molecular weight excluding hydrogens is 240 g/mol. The molecule has 1 saturated carbocycles. The molecule has 0 aliphatic heterocycles. The van der Waals surface area contributed by atoms with Gasteiger partial charge in [0.25, 0.3) is 0 Å². The van der Waals surface area contributed by atoms with Gasteiger partial charge in [-0.05, 0) is 25.0 Å². The maximum Gasteiger partial charge on any atom is 0.307 e. The summed E-state index contributed by atoms with van der Waals surface area (Å²) in [5.41, 5.74) is 0.510. The zero-order valence-corrected chi connectivity index (χ0v) is 9.98. The van der Waals surface area contributed by atoms with Gasteiger partial charge in [-0.2, -0.15) is 0 Å². The summed E-state index contributed by atoms with van der Waals surface area (Å²) in [4.78, 5) is 23.2. The molecule has 0 aromatic heterocycles. The van der Waals surface area contributed by atoms with E-state index < -0.39 is 17.8 Å². The summed E-state index contributed by atoms with van der Waals surface area (Å²) in [5, 5.41) is 9.56. The highest BCUT2D eigenvalue weighted by molar-refractivity contribution is 6.31. The van der Waals surface area contributed by atoms with Gasteiger partial charge in [0.05, 0.1) is 5.92 Å². The van der Waals surface area contributed by atoms with E-state index in [9.17, 15) is 9.59 Å². The van der Waals surface area contributed by atoms with Gasteiger partial charge in [0.15, 0.2) is 5.78 Å². The van der Waals surface area contributed by atoms with E-state index in [2.05, 4.69) is 0 Å². The fourth-order valence-corrected chi connectivity index (χ4v) is 2.62. The van der Waals surface area contributed by atoms with Gasteiger partial charge in [-0.15, -0.1) is 0 Å². The van der Waals surface area contributed by atoms with Gasteiger partial charge in [-0.3, -0.25) is 9.59 Å². The third-order valence-electron chi connectivity index (χ3n) is 3.28. The lowest BCUT2D eigenvalue weighted by atomic mass is 9.88. The summed E-state index contributed by atoms with van der Waals surface area (Å²) in [6, 6.07) is 6.69. The van der Waals surface area contributed by atoms with E-state index in [1.807, 2.05) is 0 Å². The van der Waals surface area contributed by atoms with Crippen LogP contribution in [0.5, 0.6) is 0 Å². The molecule has 1 aromatic rings. The zero-order chi connectivity index (χ0) is 12.4. The Morgan fingerprint density at radius 3 is 2.59 bits per heavy atom. The van der Waals surface area contributed by atoms with E-state index in [4.69, 9.17) is 16.7 Å². The van der Waals surface area contributed by atoms with Crippen molar-refractivity contribution in [1.82, 2.24) is 0 Å². The van der Waals surface area contributed by atoms with Gasteiger partial charge in [-0.1, -0.05) is 30.2 Å². The van der Waals surface area contributed by atoms with Crippen molar-refractivity contribution in [3.05, 3.63) is 34.9 Å². The largest absolute Gasteiger partial charge is 0.481 e. The number of hydrogen-bond donors (Lipinski definition) is 1. The van der Waals surface area contributed by atoms with Crippen molar-refractivity contribution in [2.75, 3.05) is 0 Å². The quantitative estimate of drug-likeness (QED) is 0.842. The molecule has 90 valence electrons. The van der Waals surface area contributed by atoms with E-state index in [0.717, 1.165) is 6.42 Å². The minimum atomic E-state index is -0.872. The molecule has 17 heavy (non-hydrogen) atoms. The van der Waals surface area contributed by atoms with Crippen LogP contribution in [0.25, 0.3) is 0 Å². The number of halogens is 1. The van der Waals surface area contributed by atoms with E-state index >= 15 is 0 Å². The average molecular weight is 253 g/mol. The maximum atomic E-state index is 12.2. The molecule has 0 radical (unpaired) electrons. The fourth-order valence-electron chi connectivity index (χ4n) is 2.43. The van der Waals surface area contributed by atoms with Gasteiger partial charge in [0, 0.05) is 16.5 Å². The summed E-state index contributed by atoms with van der Waals surface area (Å²) >= 11 is 5.83. The highest BCUT2D eigenvalue weighted by Crippen LogP contribution is 2.34. The Balaban J connectivity index is 2.23. The predicted molar refractivity (Wildman–Crippen MR) is 64.2 cm³/mol. The summed E-state index contributed by atoms with van der Waals surface area (Å²) in [6.07, 6.45) is 2.04. The standard InChI is InChI=1S/C13H13ClO3/c14-9-4-1-3-8(7-9)12(15)10-5-2-6-11(10)13(16)17/h1,3-4,7,10-11H,2,5-6H2,(H,16,17). The number of aliphatic carboxylic acids is 1. The molecule has 2 atom stereocenters. The Morgan fingerprint density at radius 1 is 1.24 bits per heavy atom. The van der Waals surface area contributed by atoms with Crippen LogP contribution in [-0.4, -0.2) is 16.9 Å². The molecule has 2 rings (SSSR count). The number of carbonyl (C=O) groups excluding carboxylic acids is 1. The summed E-state index contributed by atoms with van der Waals surface area (Å²) in [7, 11) is 0. The van der Waals surface area contributed by atoms with Crippen molar-refractivity contribution in [3.63, 3.8) is 0 Å². The van der Waals surface area contributed by atoms with Crippen LogP contribution in [0.15, 0.2) is 24.3 Å². The number of rotatable bonds is 3. The van der Waals surface area contributed by atoms with Crippen LogP contribution in [-0.2, 0) is 4.79 Å². The van der Waals surface area contributed by atoms with Crippen molar-refractivity contribution in [1.29, 1.82) is 0 Å². The second-order valence-electron chi connectivity index (χ2n) is 4.36. The van der Waals surface area contributed by atoms with E-state index in [1.54, 1.807) is 24.3 Å². The van der Waals surface area contributed by atoms with Crippen LogP contribution in [0.4, 0.5) is 0 Å². The summed E-state index contributed by atoms with van der Waals surface area (Å²) in [6.45, 7) is 0. The van der Waals surface area contributed by atoms with Crippen LogP contribution in [0.3, 0.4) is 0 Å². The van der Waals surface area contributed by atoms with Crippen LogP contribution in [0.2, 0.25) is 5.02 Å². The zero-order valence-electron chi connectivity index (χ0n) is 9.23. The summed E-state index contributed by atoms with van der Waals surface area (Å²) in [5.74, 6) is -1.91. The highest BCUT2D eigenvalue weighted by Gasteiger charge is 2.37. The first-order chi connectivity index (χ1) is 8.09. The average Bonchev–Trinajstić information content (AvgIpc) is 2.77. The second kappa shape index (κ2) is 4.88.